The molecule has 1 saturated heterocycles. The Morgan fingerprint density at radius 3 is 2.24 bits per heavy atom. The van der Waals surface area contributed by atoms with Gasteiger partial charge in [-0.15, -0.1) is 0 Å². The number of hydrogen-bond donors (Lipinski definition) is 3. The Bertz CT molecular complexity index is 1050. The zero-order chi connectivity index (χ0) is 28.7. The summed E-state index contributed by atoms with van der Waals surface area (Å²) in [7, 11) is 0. The van der Waals surface area contributed by atoms with E-state index in [0.717, 1.165) is 6.42 Å². The summed E-state index contributed by atoms with van der Waals surface area (Å²) in [4.78, 5) is 63.8. The number of cyclic esters (lactones) is 2. The molecule has 1 fully saturated rings. The minimum atomic E-state index is -1.37. The van der Waals surface area contributed by atoms with Gasteiger partial charge in [0, 0.05) is 25.2 Å². The predicted octanol–water partition coefficient (Wildman–Crippen LogP) is 3.61. The number of ketones is 1. The highest BCUT2D eigenvalue weighted by atomic mass is 16.6. The molecule has 6 atom stereocenters. The maximum absolute atomic E-state index is 13.4. The van der Waals surface area contributed by atoms with Crippen molar-refractivity contribution in [3.63, 3.8) is 0 Å². The minimum Gasteiger partial charge on any atom is -0.505 e. The summed E-state index contributed by atoms with van der Waals surface area (Å²) in [6, 6.07) is 2.83. The van der Waals surface area contributed by atoms with Crippen LogP contribution in [-0.4, -0.2) is 52.9 Å². The zero-order valence-corrected chi connectivity index (χ0v) is 23.2. The summed E-state index contributed by atoms with van der Waals surface area (Å²) in [6.45, 7) is 11.9. The molecule has 1 aromatic rings. The van der Waals surface area contributed by atoms with E-state index in [1.54, 1.807) is 20.8 Å². The number of phenolic OH excluding ortho intramolecular Hbond substituents is 1. The lowest BCUT2D eigenvalue weighted by Gasteiger charge is -2.30. The summed E-state index contributed by atoms with van der Waals surface area (Å²) < 4.78 is 11.4. The van der Waals surface area contributed by atoms with Crippen molar-refractivity contribution in [1.29, 1.82) is 0 Å². The molecule has 1 heterocycles. The second-order valence-corrected chi connectivity index (χ2v) is 10.5. The number of Topliss-reactive ketones (excluding diaryl/α,β-unsaturated/α-hetero) is 1. The summed E-state index contributed by atoms with van der Waals surface area (Å²) in [5.41, 5.74) is -0.161. The zero-order valence-electron chi connectivity index (χ0n) is 23.2. The average Bonchev–Trinajstić information content (AvgIpc) is 2.86. The van der Waals surface area contributed by atoms with Gasteiger partial charge in [-0.25, -0.2) is 4.79 Å². The SMILES string of the molecule is CCC(C)C[C@H]1C(=O)O[C@H](C)[C@H](NC(=O)c2cccc(NC(C)=O)c2O)C(=O)O[C@@H](C)[C@@H]1CC(=O)C(C)C. The lowest BCUT2D eigenvalue weighted by atomic mass is 9.77. The lowest BCUT2D eigenvalue weighted by Crippen LogP contribution is -2.50. The fraction of sp³-hybridized carbons (Fsp3) is 0.607. The highest BCUT2D eigenvalue weighted by Gasteiger charge is 2.43. The van der Waals surface area contributed by atoms with Gasteiger partial charge in [0.05, 0.1) is 17.2 Å². The maximum Gasteiger partial charge on any atom is 0.332 e. The number of aromatic hydroxyl groups is 1. The number of para-hydroxylation sites is 1. The Balaban J connectivity index is 2.39. The molecular formula is C28H40N2O8. The number of rotatable bonds is 9. The number of anilines is 1. The third kappa shape index (κ3) is 7.79. The molecule has 0 bridgehead atoms. The number of carbonyl (C=O) groups excluding carboxylic acids is 5. The van der Waals surface area contributed by atoms with Crippen molar-refractivity contribution in [3.05, 3.63) is 23.8 Å². The largest absolute Gasteiger partial charge is 0.505 e. The highest BCUT2D eigenvalue weighted by molar-refractivity contribution is 6.02. The first-order valence-corrected chi connectivity index (χ1v) is 13.1. The molecule has 1 aromatic carbocycles. The number of hydrogen-bond acceptors (Lipinski definition) is 8. The van der Waals surface area contributed by atoms with Gasteiger partial charge >= 0.3 is 11.9 Å². The predicted molar refractivity (Wildman–Crippen MR) is 140 cm³/mol. The quantitative estimate of drug-likeness (QED) is 0.323. The van der Waals surface area contributed by atoms with Crippen LogP contribution in [0.2, 0.25) is 0 Å². The van der Waals surface area contributed by atoms with Crippen molar-refractivity contribution in [3.8, 4) is 5.75 Å². The van der Waals surface area contributed by atoms with Gasteiger partial charge in [-0.2, -0.15) is 0 Å². The van der Waals surface area contributed by atoms with Gasteiger partial charge in [-0.1, -0.05) is 40.2 Å². The molecular weight excluding hydrogens is 492 g/mol. The Labute approximate surface area is 223 Å². The number of esters is 2. The maximum atomic E-state index is 13.4. The van der Waals surface area contributed by atoms with Crippen LogP contribution in [0.5, 0.6) is 5.75 Å². The fourth-order valence-corrected chi connectivity index (χ4v) is 4.44. The molecule has 38 heavy (non-hydrogen) atoms. The van der Waals surface area contributed by atoms with Gasteiger partial charge in [-0.05, 0) is 38.3 Å². The first kappa shape index (κ1) is 30.8. The molecule has 210 valence electrons. The molecule has 3 N–H and O–H groups in total. The fourth-order valence-electron chi connectivity index (χ4n) is 4.44. The van der Waals surface area contributed by atoms with Crippen LogP contribution in [0.1, 0.15) is 78.1 Å². The van der Waals surface area contributed by atoms with Crippen LogP contribution in [0.4, 0.5) is 5.69 Å². The summed E-state index contributed by atoms with van der Waals surface area (Å²) in [6.07, 6.45) is -0.560. The van der Waals surface area contributed by atoms with E-state index in [-0.39, 0.29) is 35.3 Å². The van der Waals surface area contributed by atoms with Crippen molar-refractivity contribution >= 4 is 35.2 Å². The molecule has 1 unspecified atom stereocenters. The number of carbonyl (C=O) groups is 5. The second-order valence-electron chi connectivity index (χ2n) is 10.5. The number of nitrogens with one attached hydrogen (secondary N) is 2. The van der Waals surface area contributed by atoms with Crippen molar-refractivity contribution in [2.24, 2.45) is 23.7 Å². The van der Waals surface area contributed by atoms with E-state index in [2.05, 4.69) is 10.6 Å². The monoisotopic (exact) mass is 532 g/mol. The minimum absolute atomic E-state index is 0.0286. The average molecular weight is 533 g/mol. The molecule has 2 rings (SSSR count). The van der Waals surface area contributed by atoms with E-state index in [4.69, 9.17) is 9.47 Å². The van der Waals surface area contributed by atoms with Crippen LogP contribution in [-0.2, 0) is 28.7 Å². The number of benzene rings is 1. The van der Waals surface area contributed by atoms with Crippen LogP contribution in [0.25, 0.3) is 0 Å². The number of ether oxygens (including phenoxy) is 2. The molecule has 10 heteroatoms. The van der Waals surface area contributed by atoms with E-state index >= 15 is 0 Å². The molecule has 0 radical (unpaired) electrons. The third-order valence-electron chi connectivity index (χ3n) is 7.06. The first-order chi connectivity index (χ1) is 17.8. The van der Waals surface area contributed by atoms with Gasteiger partial charge in [0.2, 0.25) is 5.91 Å². The van der Waals surface area contributed by atoms with Gasteiger partial charge in [0.25, 0.3) is 5.91 Å². The molecule has 10 nitrogen and oxygen atoms in total. The van der Waals surface area contributed by atoms with Gasteiger partial charge in [0.15, 0.2) is 11.8 Å². The van der Waals surface area contributed by atoms with E-state index in [1.165, 1.54) is 32.0 Å². The number of amides is 2. The Morgan fingerprint density at radius 2 is 1.66 bits per heavy atom. The van der Waals surface area contributed by atoms with E-state index in [1.807, 2.05) is 13.8 Å². The van der Waals surface area contributed by atoms with Crippen molar-refractivity contribution in [2.75, 3.05) is 5.32 Å². The van der Waals surface area contributed by atoms with Crippen molar-refractivity contribution in [2.45, 2.75) is 86.0 Å². The normalized spacial score (nSPS) is 24.8. The standard InChI is InChI=1S/C28H40N2O8/c1-8-15(4)12-21-20(13-23(32)14(2)3)16(5)37-28(36)24(17(6)38-27(21)35)30-26(34)19-10-9-11-22(25(19)33)29-18(7)31/h9-11,14-17,20-21,24,33H,8,12-13H2,1-7H3,(H,29,31)(H,30,34)/t15?,16-,17+,20-,21+,24-/m0/s1. The van der Waals surface area contributed by atoms with Crippen LogP contribution < -0.4 is 10.6 Å². The topological polar surface area (TPSA) is 148 Å². The lowest BCUT2D eigenvalue weighted by molar-refractivity contribution is -0.157. The molecule has 0 aliphatic carbocycles. The van der Waals surface area contributed by atoms with E-state index < -0.39 is 59.6 Å². The van der Waals surface area contributed by atoms with Crippen LogP contribution in [0, 0.1) is 23.7 Å². The molecule has 0 spiro atoms. The Morgan fingerprint density at radius 1 is 1.03 bits per heavy atom. The third-order valence-corrected chi connectivity index (χ3v) is 7.06. The Kier molecular flexibility index (Phi) is 10.9. The Hall–Kier alpha value is -3.43. The molecule has 1 aliphatic heterocycles. The summed E-state index contributed by atoms with van der Waals surface area (Å²) >= 11 is 0. The van der Waals surface area contributed by atoms with Crippen molar-refractivity contribution < 1.29 is 38.6 Å². The smallest absolute Gasteiger partial charge is 0.332 e. The van der Waals surface area contributed by atoms with Gasteiger partial charge in [0.1, 0.15) is 18.0 Å². The molecule has 0 aromatic heterocycles. The molecule has 0 saturated carbocycles. The van der Waals surface area contributed by atoms with Crippen molar-refractivity contribution in [1.82, 2.24) is 5.32 Å². The first-order valence-electron chi connectivity index (χ1n) is 13.1. The van der Waals surface area contributed by atoms with Crippen LogP contribution >= 0.6 is 0 Å². The molecule has 2 amide bonds. The van der Waals surface area contributed by atoms with Gasteiger partial charge < -0.3 is 25.2 Å². The second kappa shape index (κ2) is 13.4. The van der Waals surface area contributed by atoms with Crippen LogP contribution in [0.15, 0.2) is 18.2 Å². The summed E-state index contributed by atoms with van der Waals surface area (Å²) in [5, 5.41) is 15.4. The number of phenols is 1. The van der Waals surface area contributed by atoms with E-state index in [9.17, 15) is 29.1 Å². The highest BCUT2D eigenvalue weighted by Crippen LogP contribution is 2.33. The van der Waals surface area contributed by atoms with E-state index in [0.29, 0.717) is 6.42 Å². The summed E-state index contributed by atoms with van der Waals surface area (Å²) in [5.74, 6) is -4.52. The molecule has 1 aliphatic rings. The van der Waals surface area contributed by atoms with Gasteiger partial charge in [-0.3, -0.25) is 19.2 Å². The van der Waals surface area contributed by atoms with Crippen LogP contribution in [0.3, 0.4) is 0 Å².